The lowest BCUT2D eigenvalue weighted by molar-refractivity contribution is 0.531. The molecule has 0 radical (unpaired) electrons. The highest BCUT2D eigenvalue weighted by molar-refractivity contribution is 7.75. The maximum Gasteiger partial charge on any atom is 0.0594 e. The van der Waals surface area contributed by atoms with Gasteiger partial charge in [0, 0.05) is 7.26 Å². The largest absolute Gasteiger partial charge is 0.0654 e. The van der Waals surface area contributed by atoms with Crippen LogP contribution in [0.5, 0.6) is 0 Å². The van der Waals surface area contributed by atoms with E-state index in [1.807, 2.05) is 0 Å². The molecule has 0 aromatic heterocycles. The van der Waals surface area contributed by atoms with Gasteiger partial charge in [-0.15, -0.1) is 0 Å². The Morgan fingerprint density at radius 3 is 0.412 bits per heavy atom. The van der Waals surface area contributed by atoms with E-state index in [-0.39, 0.29) is 0 Å². The van der Waals surface area contributed by atoms with E-state index >= 15 is 0 Å². The summed E-state index contributed by atoms with van der Waals surface area (Å²) >= 11 is 0. The fraction of sp³-hybridized carbons (Fsp3) is 1.00. The quantitative estimate of drug-likeness (QED) is 0.0431. The molecular formula is C50H104P+. The summed E-state index contributed by atoms with van der Waals surface area (Å²) in [5.41, 5.74) is 0. The van der Waals surface area contributed by atoms with Gasteiger partial charge in [-0.05, 0) is 51.4 Å². The summed E-state index contributed by atoms with van der Waals surface area (Å²) in [7, 11) is -0.770. The topological polar surface area (TPSA) is 0 Å². The highest BCUT2D eigenvalue weighted by atomic mass is 31.2. The van der Waals surface area contributed by atoms with Gasteiger partial charge >= 0.3 is 0 Å². The van der Waals surface area contributed by atoms with Gasteiger partial charge in [-0.25, -0.2) is 0 Å². The van der Waals surface area contributed by atoms with Crippen LogP contribution in [0.25, 0.3) is 0 Å². The molecule has 0 aliphatic rings. The molecule has 0 spiro atoms. The van der Waals surface area contributed by atoms with Crippen LogP contribution in [-0.2, 0) is 0 Å². The van der Waals surface area contributed by atoms with E-state index in [1.54, 1.807) is 50.3 Å². The molecule has 0 nitrogen and oxygen atoms in total. The molecule has 0 N–H and O–H groups in total. The lowest BCUT2D eigenvalue weighted by atomic mass is 10.0. The van der Waals surface area contributed by atoms with E-state index in [9.17, 15) is 0 Å². The molecule has 0 atom stereocenters. The maximum atomic E-state index is 2.38. The molecule has 0 saturated carbocycles. The Morgan fingerprint density at radius 2 is 0.275 bits per heavy atom. The average Bonchev–Trinajstić information content (AvgIpc) is 3.14. The molecule has 0 fully saturated rings. The first-order valence-electron chi connectivity index (χ1n) is 25.1. The first-order valence-corrected chi connectivity index (χ1v) is 27.6. The summed E-state index contributed by atoms with van der Waals surface area (Å²) in [6.07, 6.45) is 69.2. The Kier molecular flexibility index (Phi) is 45.2. The molecule has 0 amide bonds. The van der Waals surface area contributed by atoms with Gasteiger partial charge in [-0.2, -0.15) is 0 Å². The summed E-state index contributed by atoms with van der Waals surface area (Å²) in [6, 6.07) is 0. The van der Waals surface area contributed by atoms with Crippen molar-refractivity contribution in [3.63, 3.8) is 0 Å². The molecule has 51 heavy (non-hydrogen) atoms. The van der Waals surface area contributed by atoms with E-state index in [1.165, 1.54) is 244 Å². The van der Waals surface area contributed by atoms with E-state index in [0.717, 1.165) is 0 Å². The summed E-state index contributed by atoms with van der Waals surface area (Å²) < 4.78 is 0. The average molecular weight is 736 g/mol. The van der Waals surface area contributed by atoms with Crippen molar-refractivity contribution in [3.05, 3.63) is 0 Å². The fourth-order valence-electron chi connectivity index (χ4n) is 8.76. The van der Waals surface area contributed by atoms with Crippen molar-refractivity contribution in [3.8, 4) is 0 Å². The third-order valence-corrected chi connectivity index (χ3v) is 17.5. The molecule has 0 aromatic rings. The zero-order valence-electron chi connectivity index (χ0n) is 37.0. The molecule has 0 heterocycles. The minimum Gasteiger partial charge on any atom is -0.0654 e. The Labute approximate surface area is 328 Å². The molecule has 0 saturated heterocycles. The van der Waals surface area contributed by atoms with Crippen molar-refractivity contribution in [2.45, 2.75) is 297 Å². The van der Waals surface area contributed by atoms with Gasteiger partial charge in [0.15, 0.2) is 0 Å². The van der Waals surface area contributed by atoms with Crippen molar-refractivity contribution >= 4 is 7.26 Å². The highest BCUT2D eigenvalue weighted by Crippen LogP contribution is 2.61. The molecule has 308 valence electrons. The van der Waals surface area contributed by atoms with Crippen molar-refractivity contribution < 1.29 is 0 Å². The molecule has 1 heteroatoms. The Balaban J connectivity index is 4.38. The molecule has 0 aliphatic heterocycles. The zero-order valence-corrected chi connectivity index (χ0v) is 37.9. The van der Waals surface area contributed by atoms with E-state index in [2.05, 4.69) is 27.7 Å². The Hall–Kier alpha value is 0.430. The van der Waals surface area contributed by atoms with Crippen molar-refractivity contribution in [2.75, 3.05) is 24.6 Å². The van der Waals surface area contributed by atoms with Gasteiger partial charge in [0.1, 0.15) is 0 Å². The fourth-order valence-corrected chi connectivity index (χ4v) is 13.7. The normalized spacial score (nSPS) is 12.0. The van der Waals surface area contributed by atoms with Crippen LogP contribution in [0.4, 0.5) is 0 Å². The van der Waals surface area contributed by atoms with Crippen molar-refractivity contribution in [2.24, 2.45) is 0 Å². The first kappa shape index (κ1) is 51.4. The predicted octanol–water partition coefficient (Wildman–Crippen LogP) is 19.5. The number of unbranched alkanes of at least 4 members (excludes halogenated alkanes) is 38. The number of rotatable bonds is 46. The molecule has 0 aromatic carbocycles. The minimum atomic E-state index is -0.770. The van der Waals surface area contributed by atoms with Crippen LogP contribution in [0.3, 0.4) is 0 Å². The molecular weight excluding hydrogens is 632 g/mol. The molecule has 0 unspecified atom stereocenters. The Morgan fingerprint density at radius 1 is 0.157 bits per heavy atom. The monoisotopic (exact) mass is 736 g/mol. The standard InChI is InChI=1S/C50H104P/c1-5-9-13-17-19-21-23-25-27-29-31-33-35-37-41-45-49-51(47-43-39-15-11-7-3,48-44-40-16-12-8-4)50-46-42-38-36-34-32-30-28-26-24-22-20-18-14-10-6-2/h5-50H2,1-4H3/q+1. The summed E-state index contributed by atoms with van der Waals surface area (Å²) in [4.78, 5) is 0. The summed E-state index contributed by atoms with van der Waals surface area (Å²) in [6.45, 7) is 9.40. The second kappa shape index (κ2) is 44.8. The van der Waals surface area contributed by atoms with Crippen LogP contribution < -0.4 is 0 Å². The van der Waals surface area contributed by atoms with Gasteiger partial charge in [0.25, 0.3) is 0 Å². The summed E-state index contributed by atoms with van der Waals surface area (Å²) in [5.74, 6) is 0. The van der Waals surface area contributed by atoms with Crippen LogP contribution in [0, 0.1) is 0 Å². The molecule has 0 aliphatic carbocycles. The van der Waals surface area contributed by atoms with Gasteiger partial charge in [0.05, 0.1) is 24.6 Å². The maximum absolute atomic E-state index is 2.38. The minimum absolute atomic E-state index is 0.770. The molecule has 0 rings (SSSR count). The van der Waals surface area contributed by atoms with E-state index in [0.29, 0.717) is 0 Å². The van der Waals surface area contributed by atoms with Gasteiger partial charge in [-0.1, -0.05) is 246 Å². The number of hydrogen-bond donors (Lipinski definition) is 0. The zero-order chi connectivity index (χ0) is 37.0. The predicted molar refractivity (Wildman–Crippen MR) is 243 cm³/mol. The van der Waals surface area contributed by atoms with E-state index in [4.69, 9.17) is 0 Å². The smallest absolute Gasteiger partial charge is 0.0594 e. The lowest BCUT2D eigenvalue weighted by Gasteiger charge is -2.28. The molecule has 0 bridgehead atoms. The van der Waals surface area contributed by atoms with Crippen LogP contribution in [-0.4, -0.2) is 24.6 Å². The van der Waals surface area contributed by atoms with Crippen LogP contribution >= 0.6 is 7.26 Å². The second-order valence-corrected chi connectivity index (χ2v) is 22.1. The first-order chi connectivity index (χ1) is 25.2. The van der Waals surface area contributed by atoms with Crippen molar-refractivity contribution in [1.82, 2.24) is 0 Å². The van der Waals surface area contributed by atoms with Crippen molar-refractivity contribution in [1.29, 1.82) is 0 Å². The van der Waals surface area contributed by atoms with Gasteiger partial charge in [0.2, 0.25) is 0 Å². The van der Waals surface area contributed by atoms with Gasteiger partial charge < -0.3 is 0 Å². The van der Waals surface area contributed by atoms with Crippen LogP contribution in [0.1, 0.15) is 297 Å². The highest BCUT2D eigenvalue weighted by Gasteiger charge is 2.35. The lowest BCUT2D eigenvalue weighted by Crippen LogP contribution is -2.13. The van der Waals surface area contributed by atoms with Gasteiger partial charge in [-0.3, -0.25) is 0 Å². The van der Waals surface area contributed by atoms with E-state index < -0.39 is 7.26 Å². The Bertz CT molecular complexity index is 546. The van der Waals surface area contributed by atoms with Crippen LogP contribution in [0.2, 0.25) is 0 Å². The SMILES string of the molecule is CCCCCCCCCCCCCCCCCC[P+](CCCCCCC)(CCCCCCC)CCCCCCCCCCCCCCCCCC. The second-order valence-electron chi connectivity index (χ2n) is 17.7. The third kappa shape index (κ3) is 39.9. The third-order valence-electron chi connectivity index (χ3n) is 12.4. The van der Waals surface area contributed by atoms with Crippen LogP contribution in [0.15, 0.2) is 0 Å². The summed E-state index contributed by atoms with van der Waals surface area (Å²) in [5, 5.41) is 0. The number of hydrogen-bond acceptors (Lipinski definition) is 0.